The van der Waals surface area contributed by atoms with Gasteiger partial charge < -0.3 is 5.32 Å². The summed E-state index contributed by atoms with van der Waals surface area (Å²) in [5.41, 5.74) is 0. The number of carbonyl (C=O) groups excluding carboxylic acids is 1. The molecule has 1 saturated carbocycles. The lowest BCUT2D eigenvalue weighted by Crippen LogP contribution is -2.31. The molecule has 0 spiro atoms. The van der Waals surface area contributed by atoms with Gasteiger partial charge in [-0.15, -0.1) is 0 Å². The van der Waals surface area contributed by atoms with Crippen LogP contribution in [0.5, 0.6) is 0 Å². The first-order chi connectivity index (χ1) is 8.36. The Kier molecular flexibility index (Phi) is 4.79. The molecule has 1 heterocycles. The lowest BCUT2D eigenvalue weighted by Gasteiger charge is -2.20. The summed E-state index contributed by atoms with van der Waals surface area (Å²) in [5, 5.41) is 3.65. The van der Waals surface area contributed by atoms with Gasteiger partial charge in [0.2, 0.25) is 5.91 Å². The molecule has 1 aliphatic carbocycles. The van der Waals surface area contributed by atoms with Crippen molar-refractivity contribution in [3.63, 3.8) is 0 Å². The number of aromatic nitrogens is 2. The fourth-order valence-corrected chi connectivity index (χ4v) is 2.66. The fourth-order valence-electron chi connectivity index (χ4n) is 2.04. The Morgan fingerprint density at radius 3 is 2.71 bits per heavy atom. The molecule has 1 aliphatic rings. The van der Waals surface area contributed by atoms with Gasteiger partial charge in [0.25, 0.3) is 0 Å². The second-order valence-corrected chi connectivity index (χ2v) is 5.14. The summed E-state index contributed by atoms with van der Waals surface area (Å²) in [5.74, 6) is 0.966. The van der Waals surface area contributed by atoms with E-state index in [0.717, 1.165) is 12.8 Å². The molecule has 0 bridgehead atoms. The van der Waals surface area contributed by atoms with E-state index in [0.29, 0.717) is 11.0 Å². The van der Waals surface area contributed by atoms with Crippen molar-refractivity contribution in [3.05, 3.63) is 18.5 Å². The average molecular weight is 251 g/mol. The standard InChI is InChI=1S/C12H17N3OS/c16-11(10-5-2-1-3-6-10)15-9-17-12-13-7-4-8-14-12/h4,7-8,10H,1-3,5-6,9H2,(H,15,16). The van der Waals surface area contributed by atoms with Crippen LogP contribution in [0.3, 0.4) is 0 Å². The molecule has 92 valence electrons. The molecule has 1 N–H and O–H groups in total. The van der Waals surface area contributed by atoms with Crippen LogP contribution in [0.4, 0.5) is 0 Å². The van der Waals surface area contributed by atoms with E-state index in [4.69, 9.17) is 0 Å². The van der Waals surface area contributed by atoms with Crippen molar-refractivity contribution < 1.29 is 4.79 Å². The minimum Gasteiger partial charge on any atom is -0.346 e. The number of carbonyl (C=O) groups is 1. The second kappa shape index (κ2) is 6.59. The van der Waals surface area contributed by atoms with Gasteiger partial charge in [-0.25, -0.2) is 9.97 Å². The van der Waals surface area contributed by atoms with Gasteiger partial charge in [-0.1, -0.05) is 31.0 Å². The van der Waals surface area contributed by atoms with Crippen LogP contribution in [-0.4, -0.2) is 21.8 Å². The molecule has 0 aliphatic heterocycles. The average Bonchev–Trinajstić information content (AvgIpc) is 2.41. The molecule has 0 atom stereocenters. The SMILES string of the molecule is O=C(NCSc1ncccn1)C1CCCCC1. The Hall–Kier alpha value is -1.10. The zero-order valence-corrected chi connectivity index (χ0v) is 10.6. The summed E-state index contributed by atoms with van der Waals surface area (Å²) in [4.78, 5) is 20.0. The van der Waals surface area contributed by atoms with E-state index >= 15 is 0 Å². The number of thioether (sulfide) groups is 1. The molecule has 0 saturated heterocycles. The third-order valence-electron chi connectivity index (χ3n) is 2.97. The summed E-state index contributed by atoms with van der Waals surface area (Å²) in [6, 6.07) is 1.78. The Labute approximate surface area is 106 Å². The van der Waals surface area contributed by atoms with E-state index in [2.05, 4.69) is 15.3 Å². The lowest BCUT2D eigenvalue weighted by molar-refractivity contribution is -0.125. The van der Waals surface area contributed by atoms with E-state index < -0.39 is 0 Å². The number of hydrogen-bond acceptors (Lipinski definition) is 4. The molecule has 4 nitrogen and oxygen atoms in total. The maximum absolute atomic E-state index is 11.8. The molecule has 1 aromatic heterocycles. The summed E-state index contributed by atoms with van der Waals surface area (Å²) in [6.45, 7) is 0. The molecule has 1 aromatic rings. The third kappa shape index (κ3) is 4.00. The van der Waals surface area contributed by atoms with Crippen LogP contribution in [0.1, 0.15) is 32.1 Å². The van der Waals surface area contributed by atoms with Gasteiger partial charge in [0.05, 0.1) is 5.88 Å². The van der Waals surface area contributed by atoms with Gasteiger partial charge in [0.15, 0.2) is 5.16 Å². The van der Waals surface area contributed by atoms with Crippen LogP contribution in [0.2, 0.25) is 0 Å². The molecular formula is C12H17N3OS. The Balaban J connectivity index is 1.69. The highest BCUT2D eigenvalue weighted by Crippen LogP contribution is 2.23. The zero-order chi connectivity index (χ0) is 11.9. The minimum absolute atomic E-state index is 0.188. The van der Waals surface area contributed by atoms with Crippen LogP contribution in [-0.2, 0) is 4.79 Å². The van der Waals surface area contributed by atoms with E-state index in [1.54, 1.807) is 18.5 Å². The molecule has 17 heavy (non-hydrogen) atoms. The van der Waals surface area contributed by atoms with Crippen molar-refractivity contribution in [2.24, 2.45) is 5.92 Å². The number of rotatable bonds is 4. The molecule has 0 aromatic carbocycles. The fraction of sp³-hybridized carbons (Fsp3) is 0.583. The smallest absolute Gasteiger partial charge is 0.223 e. The van der Waals surface area contributed by atoms with Gasteiger partial charge >= 0.3 is 0 Å². The second-order valence-electron chi connectivity index (χ2n) is 4.20. The highest BCUT2D eigenvalue weighted by atomic mass is 32.2. The number of amides is 1. The summed E-state index contributed by atoms with van der Waals surface area (Å²) >= 11 is 1.46. The van der Waals surface area contributed by atoms with Crippen LogP contribution in [0, 0.1) is 5.92 Å². The molecule has 0 unspecified atom stereocenters. The van der Waals surface area contributed by atoms with E-state index in [9.17, 15) is 4.79 Å². The first-order valence-corrected chi connectivity index (χ1v) is 7.02. The van der Waals surface area contributed by atoms with Crippen molar-refractivity contribution in [3.8, 4) is 0 Å². The first kappa shape index (κ1) is 12.4. The highest BCUT2D eigenvalue weighted by molar-refractivity contribution is 7.99. The van der Waals surface area contributed by atoms with Crippen molar-refractivity contribution >= 4 is 17.7 Å². The molecule has 1 amide bonds. The first-order valence-electron chi connectivity index (χ1n) is 6.04. The Morgan fingerprint density at radius 1 is 1.29 bits per heavy atom. The lowest BCUT2D eigenvalue weighted by atomic mass is 9.89. The topological polar surface area (TPSA) is 54.9 Å². The Bertz CT molecular complexity index is 352. The van der Waals surface area contributed by atoms with E-state index in [1.165, 1.54) is 31.0 Å². The van der Waals surface area contributed by atoms with Crippen LogP contribution in [0.15, 0.2) is 23.6 Å². The van der Waals surface area contributed by atoms with Gasteiger partial charge in [-0.3, -0.25) is 4.79 Å². The van der Waals surface area contributed by atoms with Crippen molar-refractivity contribution in [1.82, 2.24) is 15.3 Å². The normalized spacial score (nSPS) is 16.7. The molecular weight excluding hydrogens is 234 g/mol. The van der Waals surface area contributed by atoms with Crippen molar-refractivity contribution in [1.29, 1.82) is 0 Å². The Morgan fingerprint density at radius 2 is 2.00 bits per heavy atom. The van der Waals surface area contributed by atoms with Crippen LogP contribution >= 0.6 is 11.8 Å². The molecule has 2 rings (SSSR count). The quantitative estimate of drug-likeness (QED) is 0.506. The molecule has 5 heteroatoms. The number of nitrogens with zero attached hydrogens (tertiary/aromatic N) is 2. The summed E-state index contributed by atoms with van der Waals surface area (Å²) in [6.07, 6.45) is 9.14. The zero-order valence-electron chi connectivity index (χ0n) is 9.76. The predicted octanol–water partition coefficient (Wildman–Crippen LogP) is 2.22. The monoisotopic (exact) mass is 251 g/mol. The van der Waals surface area contributed by atoms with Gasteiger partial charge in [0.1, 0.15) is 0 Å². The highest BCUT2D eigenvalue weighted by Gasteiger charge is 2.20. The van der Waals surface area contributed by atoms with Gasteiger partial charge in [-0.2, -0.15) is 0 Å². The van der Waals surface area contributed by atoms with E-state index in [1.807, 2.05) is 0 Å². The maximum Gasteiger partial charge on any atom is 0.223 e. The van der Waals surface area contributed by atoms with Gasteiger partial charge in [0, 0.05) is 18.3 Å². The van der Waals surface area contributed by atoms with E-state index in [-0.39, 0.29) is 11.8 Å². The molecule has 0 radical (unpaired) electrons. The van der Waals surface area contributed by atoms with Crippen LogP contribution < -0.4 is 5.32 Å². The van der Waals surface area contributed by atoms with Crippen LogP contribution in [0.25, 0.3) is 0 Å². The third-order valence-corrected chi connectivity index (χ3v) is 3.72. The number of hydrogen-bond donors (Lipinski definition) is 1. The summed E-state index contributed by atoms with van der Waals surface area (Å²) < 4.78 is 0. The van der Waals surface area contributed by atoms with Gasteiger partial charge in [-0.05, 0) is 18.9 Å². The number of nitrogens with one attached hydrogen (secondary N) is 1. The summed E-state index contributed by atoms with van der Waals surface area (Å²) in [7, 11) is 0. The molecule has 1 fully saturated rings. The van der Waals surface area contributed by atoms with Crippen molar-refractivity contribution in [2.45, 2.75) is 37.3 Å². The van der Waals surface area contributed by atoms with Crippen molar-refractivity contribution in [2.75, 3.05) is 5.88 Å². The minimum atomic E-state index is 0.188. The predicted molar refractivity (Wildman–Crippen MR) is 67.5 cm³/mol. The maximum atomic E-state index is 11.8. The largest absolute Gasteiger partial charge is 0.346 e.